The average Bonchev–Trinajstić information content (AvgIpc) is 3.46. The first-order chi connectivity index (χ1) is 38.6. The molecule has 0 radical (unpaired) electrons. The number of hydrogen-bond donors (Lipinski definition) is 9. The molecule has 0 spiro atoms. The van der Waals surface area contributed by atoms with E-state index in [9.17, 15) is 45.6 Å². The summed E-state index contributed by atoms with van der Waals surface area (Å²) < 4.78 is 22.8. The minimum atomic E-state index is -1.79. The molecule has 2 fully saturated rings. The molecule has 9 N–H and O–H groups in total. The highest BCUT2D eigenvalue weighted by molar-refractivity contribution is 5.76. The predicted molar refractivity (Wildman–Crippen MR) is 318 cm³/mol. The summed E-state index contributed by atoms with van der Waals surface area (Å²) >= 11 is 0. The van der Waals surface area contributed by atoms with Crippen LogP contribution >= 0.6 is 0 Å². The molecule has 0 saturated carbocycles. The summed E-state index contributed by atoms with van der Waals surface area (Å²) in [6.45, 7) is 2.77. The fourth-order valence-corrected chi connectivity index (χ4v) is 10.2. The van der Waals surface area contributed by atoms with Crippen molar-refractivity contribution in [3.8, 4) is 0 Å². The minimum Gasteiger partial charge on any atom is -0.394 e. The Labute approximate surface area is 479 Å². The Bertz CT molecular complexity index is 1560. The highest BCUT2D eigenvalue weighted by Crippen LogP contribution is 2.30. The van der Waals surface area contributed by atoms with Gasteiger partial charge in [0.05, 0.1) is 32.0 Å². The molecule has 0 aromatic heterocycles. The number of amides is 1. The molecule has 460 valence electrons. The van der Waals surface area contributed by atoms with E-state index in [1.165, 1.54) is 167 Å². The van der Waals surface area contributed by atoms with E-state index in [0.717, 1.165) is 51.4 Å². The number of carbonyl (C=O) groups excluding carboxylic acids is 1. The molecule has 1 amide bonds. The largest absolute Gasteiger partial charge is 0.394 e. The monoisotopic (exact) mass is 1120 g/mol. The van der Waals surface area contributed by atoms with Gasteiger partial charge in [0.25, 0.3) is 0 Å². The Morgan fingerprint density at radius 3 is 1.32 bits per heavy atom. The maximum atomic E-state index is 13.3. The molecule has 2 rings (SSSR count). The number of allylic oxidation sites excluding steroid dienone is 9. The van der Waals surface area contributed by atoms with Gasteiger partial charge in [0.2, 0.25) is 5.91 Å². The third-order valence-electron chi connectivity index (χ3n) is 15.4. The smallest absolute Gasteiger partial charge is 0.220 e. The van der Waals surface area contributed by atoms with Crippen molar-refractivity contribution in [2.24, 2.45) is 0 Å². The molecule has 2 saturated heterocycles. The van der Waals surface area contributed by atoms with Gasteiger partial charge in [-0.15, -0.1) is 0 Å². The van der Waals surface area contributed by atoms with Crippen LogP contribution in [0.3, 0.4) is 0 Å². The molecule has 12 atom stereocenters. The Kier molecular flexibility index (Phi) is 46.3. The molecule has 0 aromatic carbocycles. The lowest BCUT2D eigenvalue weighted by atomic mass is 9.97. The number of ether oxygens (including phenoxy) is 4. The van der Waals surface area contributed by atoms with E-state index in [1.807, 2.05) is 6.08 Å². The fraction of sp³-hybridized carbons (Fsp3) is 0.831. The van der Waals surface area contributed by atoms with E-state index >= 15 is 0 Å². The molecule has 2 heterocycles. The van der Waals surface area contributed by atoms with Crippen molar-refractivity contribution in [1.82, 2.24) is 5.32 Å². The quantitative estimate of drug-likeness (QED) is 0.0204. The van der Waals surface area contributed by atoms with Crippen LogP contribution in [0.1, 0.15) is 251 Å². The minimum absolute atomic E-state index is 0.253. The summed E-state index contributed by atoms with van der Waals surface area (Å²) in [5, 5.41) is 87.2. The summed E-state index contributed by atoms with van der Waals surface area (Å²) in [5.74, 6) is -0.253. The van der Waals surface area contributed by atoms with E-state index in [-0.39, 0.29) is 18.9 Å². The molecule has 2 aliphatic heterocycles. The third-order valence-corrected chi connectivity index (χ3v) is 15.4. The number of aliphatic hydroxyl groups is 8. The third kappa shape index (κ3) is 35.4. The molecular formula is C65H117NO13. The lowest BCUT2D eigenvalue weighted by Crippen LogP contribution is -2.65. The Morgan fingerprint density at radius 2 is 0.848 bits per heavy atom. The molecule has 12 unspecified atom stereocenters. The van der Waals surface area contributed by atoms with E-state index in [4.69, 9.17) is 18.9 Å². The number of hydrogen-bond acceptors (Lipinski definition) is 13. The number of carbonyl (C=O) groups is 1. The highest BCUT2D eigenvalue weighted by atomic mass is 16.7. The van der Waals surface area contributed by atoms with Crippen molar-refractivity contribution in [2.75, 3.05) is 19.8 Å². The summed E-state index contributed by atoms with van der Waals surface area (Å²) in [4.78, 5) is 13.3. The summed E-state index contributed by atoms with van der Waals surface area (Å²) in [6.07, 6.45) is 48.4. The topological polar surface area (TPSA) is 228 Å². The second-order valence-electron chi connectivity index (χ2n) is 22.5. The zero-order valence-electron chi connectivity index (χ0n) is 49.6. The summed E-state index contributed by atoms with van der Waals surface area (Å²) in [7, 11) is 0. The van der Waals surface area contributed by atoms with E-state index < -0.39 is 86.8 Å². The van der Waals surface area contributed by atoms with Gasteiger partial charge in [-0.2, -0.15) is 0 Å². The van der Waals surface area contributed by atoms with Gasteiger partial charge in [0.1, 0.15) is 48.8 Å². The SMILES string of the molecule is CCCCCCC/C=C\C/C=C\CCCCCCCCCCCCCCCCCC(=O)NC(COC1OC(CO)C(OC2OC(CO)C(O)C(O)C2O)C(O)C1O)C(O)/C=C/CC/C=C/CC/C=C/CCCCCCCCCC. The number of unbranched alkanes of at least 4 members (excludes halogenated alkanes) is 30. The van der Waals surface area contributed by atoms with Gasteiger partial charge < -0.3 is 65.1 Å². The summed E-state index contributed by atoms with van der Waals surface area (Å²) in [6, 6.07) is -0.940. The van der Waals surface area contributed by atoms with Crippen LogP contribution in [-0.2, 0) is 23.7 Å². The fourth-order valence-electron chi connectivity index (χ4n) is 10.2. The van der Waals surface area contributed by atoms with Crippen molar-refractivity contribution < 1.29 is 64.6 Å². The molecule has 0 bridgehead atoms. The van der Waals surface area contributed by atoms with Crippen LogP contribution in [0.15, 0.2) is 60.8 Å². The Balaban J connectivity index is 1.73. The van der Waals surface area contributed by atoms with E-state index in [2.05, 4.69) is 67.8 Å². The van der Waals surface area contributed by atoms with Gasteiger partial charge in [-0.05, 0) is 77.0 Å². The molecule has 79 heavy (non-hydrogen) atoms. The van der Waals surface area contributed by atoms with Gasteiger partial charge in [0.15, 0.2) is 12.6 Å². The first-order valence-corrected chi connectivity index (χ1v) is 32.0. The van der Waals surface area contributed by atoms with Crippen LogP contribution in [0.2, 0.25) is 0 Å². The van der Waals surface area contributed by atoms with Crippen molar-refractivity contribution in [3.05, 3.63) is 60.8 Å². The maximum Gasteiger partial charge on any atom is 0.220 e. The van der Waals surface area contributed by atoms with E-state index in [1.54, 1.807) is 6.08 Å². The predicted octanol–water partition coefficient (Wildman–Crippen LogP) is 11.7. The highest BCUT2D eigenvalue weighted by Gasteiger charge is 2.51. The number of rotatable bonds is 51. The lowest BCUT2D eigenvalue weighted by Gasteiger charge is -2.46. The molecule has 0 aromatic rings. The zero-order chi connectivity index (χ0) is 57.4. The average molecular weight is 1120 g/mol. The molecule has 14 nitrogen and oxygen atoms in total. The number of aliphatic hydroxyl groups excluding tert-OH is 8. The van der Waals surface area contributed by atoms with Crippen LogP contribution in [0.5, 0.6) is 0 Å². The van der Waals surface area contributed by atoms with Crippen molar-refractivity contribution in [3.63, 3.8) is 0 Å². The lowest BCUT2D eigenvalue weighted by molar-refractivity contribution is -0.359. The zero-order valence-corrected chi connectivity index (χ0v) is 49.6. The second-order valence-corrected chi connectivity index (χ2v) is 22.5. The van der Waals surface area contributed by atoms with Crippen LogP contribution in [-0.4, -0.2) is 140 Å². The van der Waals surface area contributed by atoms with Gasteiger partial charge >= 0.3 is 0 Å². The Morgan fingerprint density at radius 1 is 0.456 bits per heavy atom. The van der Waals surface area contributed by atoms with Crippen molar-refractivity contribution in [2.45, 2.75) is 325 Å². The molecule has 2 aliphatic rings. The molecule has 14 heteroatoms. The molecular weight excluding hydrogens is 1000 g/mol. The standard InChI is InChI=1S/C65H117NO13/c1-3-5-7-9-11-13-15-17-19-21-23-24-25-26-27-28-29-30-31-33-35-37-39-41-43-45-47-49-57(70)66-53(54(69)48-46-44-42-40-38-36-34-32-22-20-18-16-14-12-10-8-6-4-2)52-76-64-62(75)60(73)63(56(51-68)78-64)79-65-61(74)59(72)58(71)55(50-67)77-65/h15,17,21-23,32,38,40,46,48,53-56,58-65,67-69,71-75H,3-14,16,18-20,24-31,33-37,39,41-45,47,49-52H2,1-2H3,(H,66,70)/b17-15-,23-21-,32-22+,40-38+,48-46+. The van der Waals surface area contributed by atoms with Gasteiger partial charge in [-0.1, -0.05) is 229 Å². The van der Waals surface area contributed by atoms with Crippen molar-refractivity contribution >= 4 is 5.91 Å². The van der Waals surface area contributed by atoms with Crippen LogP contribution in [0, 0.1) is 0 Å². The first kappa shape index (κ1) is 72.8. The summed E-state index contributed by atoms with van der Waals surface area (Å²) in [5.41, 5.74) is 0. The van der Waals surface area contributed by atoms with Crippen LogP contribution in [0.4, 0.5) is 0 Å². The second kappa shape index (κ2) is 50.2. The normalized spacial score (nSPS) is 24.8. The maximum absolute atomic E-state index is 13.3. The first-order valence-electron chi connectivity index (χ1n) is 32.0. The van der Waals surface area contributed by atoms with Crippen LogP contribution < -0.4 is 5.32 Å². The molecule has 0 aliphatic carbocycles. The van der Waals surface area contributed by atoms with Crippen molar-refractivity contribution in [1.29, 1.82) is 0 Å². The van der Waals surface area contributed by atoms with Gasteiger partial charge in [0, 0.05) is 6.42 Å². The van der Waals surface area contributed by atoms with Crippen LogP contribution in [0.25, 0.3) is 0 Å². The van der Waals surface area contributed by atoms with E-state index in [0.29, 0.717) is 12.8 Å². The van der Waals surface area contributed by atoms with Gasteiger partial charge in [-0.3, -0.25) is 4.79 Å². The Hall–Kier alpha value is -2.31. The number of nitrogens with one attached hydrogen (secondary N) is 1. The van der Waals surface area contributed by atoms with Gasteiger partial charge in [-0.25, -0.2) is 0 Å².